The Morgan fingerprint density at radius 2 is 1.62 bits per heavy atom. The molecule has 2 amide bonds. The minimum atomic E-state index is -3.68. The minimum Gasteiger partial charge on any atom is -0.307 e. The van der Waals surface area contributed by atoms with Gasteiger partial charge in [0.05, 0.1) is 5.25 Å². The molecule has 1 aromatic rings. The lowest BCUT2D eigenvalue weighted by Gasteiger charge is -2.37. The summed E-state index contributed by atoms with van der Waals surface area (Å²) in [6, 6.07) is 2.39. The Kier molecular flexibility index (Phi) is 4.86. The van der Waals surface area contributed by atoms with Crippen molar-refractivity contribution in [2.75, 3.05) is 11.9 Å². The number of urea groups is 1. The Morgan fingerprint density at radius 1 is 1.03 bits per heavy atom. The van der Waals surface area contributed by atoms with Crippen LogP contribution in [0.15, 0.2) is 6.07 Å². The molecule has 5 rings (SSSR count). The van der Waals surface area contributed by atoms with Crippen LogP contribution in [-0.2, 0) is 35.7 Å². The van der Waals surface area contributed by atoms with Gasteiger partial charge in [0.1, 0.15) is 0 Å². The first-order chi connectivity index (χ1) is 14.0. The molecule has 2 heterocycles. The van der Waals surface area contributed by atoms with Crippen LogP contribution in [0.5, 0.6) is 0 Å². The highest BCUT2D eigenvalue weighted by Crippen LogP contribution is 2.39. The molecule has 0 saturated carbocycles. The van der Waals surface area contributed by atoms with Gasteiger partial charge in [-0.15, -0.1) is 0 Å². The lowest BCUT2D eigenvalue weighted by molar-refractivity contribution is 0.150. The molecule has 2 saturated heterocycles. The SMILES string of the molecule is CCN1[C@@H]2CC[C@H]1CC(S(=O)(=O)NC(=O)Nc1c3c(cc4c1CCC4)CCC3)C2. The van der Waals surface area contributed by atoms with Crippen molar-refractivity contribution in [3.05, 3.63) is 28.3 Å². The number of nitrogens with zero attached hydrogens (tertiary/aromatic N) is 1. The van der Waals surface area contributed by atoms with Crippen LogP contribution in [-0.4, -0.2) is 43.2 Å². The zero-order valence-electron chi connectivity index (χ0n) is 17.2. The van der Waals surface area contributed by atoms with Crippen molar-refractivity contribution in [3.63, 3.8) is 0 Å². The topological polar surface area (TPSA) is 78.5 Å². The summed E-state index contributed by atoms with van der Waals surface area (Å²) < 4.78 is 28.3. The highest BCUT2D eigenvalue weighted by Gasteiger charge is 2.44. The van der Waals surface area contributed by atoms with Gasteiger partial charge < -0.3 is 5.32 Å². The van der Waals surface area contributed by atoms with E-state index in [1.165, 1.54) is 22.3 Å². The van der Waals surface area contributed by atoms with Crippen LogP contribution in [0.4, 0.5) is 10.5 Å². The molecule has 0 aromatic heterocycles. The van der Waals surface area contributed by atoms with Crippen molar-refractivity contribution in [3.8, 4) is 0 Å². The number of nitrogens with one attached hydrogen (secondary N) is 2. The monoisotopic (exact) mass is 417 g/mol. The van der Waals surface area contributed by atoms with Crippen molar-refractivity contribution < 1.29 is 13.2 Å². The molecule has 2 aliphatic carbocycles. The molecule has 0 radical (unpaired) electrons. The third kappa shape index (κ3) is 3.36. The molecule has 0 spiro atoms. The number of rotatable bonds is 4. The standard InChI is InChI=1S/C22H31N3O3S/c1-2-25-16-9-10-17(25)13-18(12-16)29(27,28)24-22(26)23-21-19-7-3-5-14(19)11-15-6-4-8-20(15)21/h11,16-18H,2-10,12-13H2,1H3,(H2,23,24,26)/t16-,17+,18?. The van der Waals surface area contributed by atoms with Crippen LogP contribution in [0, 0.1) is 0 Å². The number of fused-ring (bicyclic) bond motifs is 4. The van der Waals surface area contributed by atoms with Crippen molar-refractivity contribution in [2.45, 2.75) is 88.5 Å². The van der Waals surface area contributed by atoms with E-state index in [-0.39, 0.29) is 0 Å². The van der Waals surface area contributed by atoms with Gasteiger partial charge in [-0.1, -0.05) is 13.0 Å². The third-order valence-corrected chi connectivity index (χ3v) is 9.32. The van der Waals surface area contributed by atoms with Gasteiger partial charge in [0.2, 0.25) is 10.0 Å². The van der Waals surface area contributed by atoms with E-state index in [2.05, 4.69) is 27.9 Å². The maximum absolute atomic E-state index is 13.0. The summed E-state index contributed by atoms with van der Waals surface area (Å²) >= 11 is 0. The van der Waals surface area contributed by atoms with E-state index < -0.39 is 21.3 Å². The summed E-state index contributed by atoms with van der Waals surface area (Å²) in [4.78, 5) is 15.2. The smallest absolute Gasteiger partial charge is 0.307 e. The molecule has 2 aliphatic heterocycles. The number of carbonyl (C=O) groups excluding carboxylic acids is 1. The number of anilines is 1. The van der Waals surface area contributed by atoms with Gasteiger partial charge >= 0.3 is 6.03 Å². The molecule has 2 N–H and O–H groups in total. The Morgan fingerprint density at radius 3 is 2.17 bits per heavy atom. The zero-order valence-corrected chi connectivity index (χ0v) is 18.0. The van der Waals surface area contributed by atoms with Crippen LogP contribution in [0.1, 0.15) is 67.7 Å². The minimum absolute atomic E-state index is 0.337. The largest absolute Gasteiger partial charge is 0.332 e. The third-order valence-electron chi connectivity index (χ3n) is 7.59. The average Bonchev–Trinajstić information content (AvgIpc) is 3.38. The van der Waals surface area contributed by atoms with Crippen molar-refractivity contribution in [1.29, 1.82) is 0 Å². The second-order valence-electron chi connectivity index (χ2n) is 9.14. The van der Waals surface area contributed by atoms with E-state index >= 15 is 0 Å². The van der Waals surface area contributed by atoms with Gasteiger partial charge in [-0.2, -0.15) is 0 Å². The summed E-state index contributed by atoms with van der Waals surface area (Å²) in [5, 5.41) is 2.48. The van der Waals surface area contributed by atoms with Gasteiger partial charge in [-0.05, 0) is 93.0 Å². The summed E-state index contributed by atoms with van der Waals surface area (Å²) in [5.41, 5.74) is 5.97. The van der Waals surface area contributed by atoms with Crippen LogP contribution in [0.3, 0.4) is 0 Å². The predicted octanol–water partition coefficient (Wildman–Crippen LogP) is 3.13. The van der Waals surface area contributed by atoms with Crippen LogP contribution in [0.25, 0.3) is 0 Å². The number of amides is 2. The highest BCUT2D eigenvalue weighted by molar-refractivity contribution is 7.90. The molecule has 6 nitrogen and oxygen atoms in total. The van der Waals surface area contributed by atoms with Crippen LogP contribution in [0.2, 0.25) is 0 Å². The number of carbonyl (C=O) groups is 1. The van der Waals surface area contributed by atoms with E-state index in [4.69, 9.17) is 0 Å². The normalized spacial score (nSPS) is 28.2. The first-order valence-electron chi connectivity index (χ1n) is 11.2. The lowest BCUT2D eigenvalue weighted by atomic mass is 9.99. The fourth-order valence-corrected chi connectivity index (χ4v) is 7.74. The molecule has 29 heavy (non-hydrogen) atoms. The molecule has 158 valence electrons. The Bertz CT molecular complexity index is 897. The lowest BCUT2D eigenvalue weighted by Crippen LogP contribution is -2.50. The molecular weight excluding hydrogens is 386 g/mol. The molecule has 1 unspecified atom stereocenters. The molecule has 4 aliphatic rings. The van der Waals surface area contributed by atoms with Crippen LogP contribution < -0.4 is 10.0 Å². The van der Waals surface area contributed by atoms with Gasteiger partial charge in [0.25, 0.3) is 0 Å². The fraction of sp³-hybridized carbons (Fsp3) is 0.682. The van der Waals surface area contributed by atoms with Crippen molar-refractivity contribution >= 4 is 21.7 Å². The number of benzene rings is 1. The van der Waals surface area contributed by atoms with Gasteiger partial charge in [0.15, 0.2) is 0 Å². The van der Waals surface area contributed by atoms with Crippen LogP contribution >= 0.6 is 0 Å². The number of sulfonamides is 1. The zero-order chi connectivity index (χ0) is 20.2. The summed E-state index contributed by atoms with van der Waals surface area (Å²) in [5.74, 6) is 0. The Labute approximate surface area is 173 Å². The molecular formula is C22H31N3O3S. The quantitative estimate of drug-likeness (QED) is 0.789. The average molecular weight is 418 g/mol. The van der Waals surface area contributed by atoms with Gasteiger partial charge in [-0.3, -0.25) is 4.90 Å². The van der Waals surface area contributed by atoms with E-state index in [1.807, 2.05) is 0 Å². The fourth-order valence-electron chi connectivity index (χ4n) is 6.31. The molecule has 3 atom stereocenters. The Balaban J connectivity index is 1.32. The molecule has 2 fully saturated rings. The predicted molar refractivity (Wildman–Crippen MR) is 114 cm³/mol. The van der Waals surface area contributed by atoms with E-state index in [1.54, 1.807) is 0 Å². The van der Waals surface area contributed by atoms with E-state index in [0.29, 0.717) is 24.9 Å². The maximum atomic E-state index is 13.0. The number of hydrogen-bond acceptors (Lipinski definition) is 4. The van der Waals surface area contributed by atoms with E-state index in [0.717, 1.165) is 63.6 Å². The van der Waals surface area contributed by atoms with Crippen molar-refractivity contribution in [2.24, 2.45) is 0 Å². The first-order valence-corrected chi connectivity index (χ1v) is 12.8. The Hall–Kier alpha value is -1.60. The van der Waals surface area contributed by atoms with Gasteiger partial charge in [-0.25, -0.2) is 17.9 Å². The number of hydrogen-bond donors (Lipinski definition) is 2. The highest BCUT2D eigenvalue weighted by atomic mass is 32.2. The molecule has 7 heteroatoms. The second-order valence-corrected chi connectivity index (χ2v) is 11.1. The maximum Gasteiger partial charge on any atom is 0.332 e. The summed E-state index contributed by atoms with van der Waals surface area (Å²) in [6.45, 7) is 3.11. The molecule has 2 bridgehead atoms. The summed E-state index contributed by atoms with van der Waals surface area (Å²) in [6.07, 6.45) is 9.63. The van der Waals surface area contributed by atoms with Gasteiger partial charge in [0, 0.05) is 17.8 Å². The first kappa shape index (κ1) is 19.4. The second kappa shape index (κ2) is 7.27. The number of aryl methyl sites for hydroxylation is 2. The van der Waals surface area contributed by atoms with E-state index in [9.17, 15) is 13.2 Å². The number of piperidine rings is 1. The molecule has 1 aromatic carbocycles. The van der Waals surface area contributed by atoms with Crippen molar-refractivity contribution in [1.82, 2.24) is 9.62 Å². The summed E-state index contributed by atoms with van der Waals surface area (Å²) in [7, 11) is -3.68.